The van der Waals surface area contributed by atoms with E-state index in [2.05, 4.69) is 48.5 Å². The fourth-order valence-electron chi connectivity index (χ4n) is 2.21. The summed E-state index contributed by atoms with van der Waals surface area (Å²) in [7, 11) is 0. The zero-order chi connectivity index (χ0) is 11.9. The molecule has 0 aromatic heterocycles. The molecule has 2 heteroatoms. The van der Waals surface area contributed by atoms with Gasteiger partial charge in [-0.05, 0) is 19.8 Å². The largest absolute Gasteiger partial charge is 0.352 e. The molecule has 0 amide bonds. The second-order valence-corrected chi connectivity index (χ2v) is 6.60. The summed E-state index contributed by atoms with van der Waals surface area (Å²) in [6.45, 7) is 16.1. The van der Waals surface area contributed by atoms with Gasteiger partial charge >= 0.3 is 0 Å². The molecule has 1 fully saturated rings. The van der Waals surface area contributed by atoms with Gasteiger partial charge in [-0.25, -0.2) is 0 Å². The highest BCUT2D eigenvalue weighted by molar-refractivity contribution is 4.87. The molecule has 1 saturated heterocycles. The normalized spacial score (nSPS) is 32.0. The molecular formula is C13H26O2. The summed E-state index contributed by atoms with van der Waals surface area (Å²) < 4.78 is 11.9. The third kappa shape index (κ3) is 2.94. The van der Waals surface area contributed by atoms with Crippen LogP contribution in [0.5, 0.6) is 0 Å². The Bertz CT molecular complexity index is 213. The third-order valence-electron chi connectivity index (χ3n) is 3.24. The summed E-state index contributed by atoms with van der Waals surface area (Å²) in [5, 5.41) is 0. The van der Waals surface area contributed by atoms with Gasteiger partial charge in [0.1, 0.15) is 0 Å². The molecule has 1 aliphatic rings. The molecule has 2 unspecified atom stereocenters. The van der Waals surface area contributed by atoms with Crippen LogP contribution in [0.15, 0.2) is 0 Å². The lowest BCUT2D eigenvalue weighted by molar-refractivity contribution is -0.308. The van der Waals surface area contributed by atoms with E-state index in [4.69, 9.17) is 9.47 Å². The molecule has 0 aromatic carbocycles. The van der Waals surface area contributed by atoms with E-state index < -0.39 is 0 Å². The molecule has 15 heavy (non-hydrogen) atoms. The molecule has 0 N–H and O–H groups in total. The Kier molecular flexibility index (Phi) is 3.52. The highest BCUT2D eigenvalue weighted by atomic mass is 16.7. The second kappa shape index (κ2) is 4.06. The highest BCUT2D eigenvalue weighted by Crippen LogP contribution is 2.38. The van der Waals surface area contributed by atoms with Crippen molar-refractivity contribution in [3.8, 4) is 0 Å². The summed E-state index contributed by atoms with van der Waals surface area (Å²) in [6.07, 6.45) is -0.0810. The molecular weight excluding hydrogens is 188 g/mol. The maximum atomic E-state index is 6.09. The number of ether oxygens (including phenoxy) is 2. The number of rotatable bonds is 1. The van der Waals surface area contributed by atoms with Crippen molar-refractivity contribution in [3.63, 3.8) is 0 Å². The van der Waals surface area contributed by atoms with Gasteiger partial charge in [-0.1, -0.05) is 34.6 Å². The van der Waals surface area contributed by atoms with Crippen LogP contribution in [0, 0.1) is 17.3 Å². The van der Waals surface area contributed by atoms with E-state index in [0.29, 0.717) is 11.8 Å². The van der Waals surface area contributed by atoms with Gasteiger partial charge in [0.2, 0.25) is 0 Å². The van der Waals surface area contributed by atoms with Gasteiger partial charge < -0.3 is 9.47 Å². The van der Waals surface area contributed by atoms with Crippen molar-refractivity contribution >= 4 is 0 Å². The molecule has 0 aromatic rings. The molecule has 0 radical (unpaired) electrons. The molecule has 1 heterocycles. The monoisotopic (exact) mass is 214 g/mol. The van der Waals surface area contributed by atoms with Crippen molar-refractivity contribution in [3.05, 3.63) is 0 Å². The predicted molar refractivity (Wildman–Crippen MR) is 62.7 cm³/mol. The Labute approximate surface area is 94.3 Å². The number of hydrogen-bond donors (Lipinski definition) is 0. The summed E-state index contributed by atoms with van der Waals surface area (Å²) in [5.74, 6) is 1.08. The summed E-state index contributed by atoms with van der Waals surface area (Å²) in [4.78, 5) is 0. The fourth-order valence-corrected chi connectivity index (χ4v) is 2.21. The molecule has 1 rings (SSSR count). The van der Waals surface area contributed by atoms with Gasteiger partial charge in [-0.2, -0.15) is 0 Å². The molecule has 0 bridgehead atoms. The Morgan fingerprint density at radius 1 is 1.20 bits per heavy atom. The molecule has 0 saturated carbocycles. The Hall–Kier alpha value is -0.0800. The summed E-state index contributed by atoms with van der Waals surface area (Å²) >= 11 is 0. The van der Waals surface area contributed by atoms with Gasteiger partial charge in [0, 0.05) is 11.3 Å². The molecule has 2 atom stereocenters. The van der Waals surface area contributed by atoms with Crippen molar-refractivity contribution in [2.45, 2.75) is 60.4 Å². The maximum absolute atomic E-state index is 6.09. The van der Waals surface area contributed by atoms with E-state index >= 15 is 0 Å². The average Bonchev–Trinajstić information content (AvgIpc) is 1.99. The first-order valence-corrected chi connectivity index (χ1v) is 5.94. The zero-order valence-electron chi connectivity index (χ0n) is 11.3. The summed E-state index contributed by atoms with van der Waals surface area (Å²) in [6, 6.07) is 0. The van der Waals surface area contributed by atoms with E-state index in [0.717, 1.165) is 6.61 Å². The highest BCUT2D eigenvalue weighted by Gasteiger charge is 2.43. The topological polar surface area (TPSA) is 18.5 Å². The smallest absolute Gasteiger partial charge is 0.163 e. The van der Waals surface area contributed by atoms with Crippen LogP contribution >= 0.6 is 0 Å². The van der Waals surface area contributed by atoms with Crippen LogP contribution in [0.3, 0.4) is 0 Å². The maximum Gasteiger partial charge on any atom is 0.163 e. The van der Waals surface area contributed by atoms with Crippen LogP contribution in [0.1, 0.15) is 48.5 Å². The number of hydrogen-bond acceptors (Lipinski definition) is 2. The second-order valence-electron chi connectivity index (χ2n) is 6.60. The van der Waals surface area contributed by atoms with Crippen LogP contribution in [-0.4, -0.2) is 18.5 Å². The van der Waals surface area contributed by atoms with Gasteiger partial charge in [0.05, 0.1) is 12.2 Å². The standard InChI is InChI=1S/C13H26O2/c1-9(2)10-8-14-11(12(3,4)5)15-13(10,6)7/h9-11H,8H2,1-7H3. The average molecular weight is 214 g/mol. The van der Waals surface area contributed by atoms with E-state index in [1.807, 2.05) is 0 Å². The van der Waals surface area contributed by atoms with Crippen LogP contribution in [0.4, 0.5) is 0 Å². The van der Waals surface area contributed by atoms with Crippen molar-refractivity contribution in [2.24, 2.45) is 17.3 Å². The molecule has 0 aliphatic carbocycles. The Balaban J connectivity index is 2.73. The van der Waals surface area contributed by atoms with Crippen LogP contribution < -0.4 is 0 Å². The molecule has 90 valence electrons. The van der Waals surface area contributed by atoms with Gasteiger partial charge in [0.15, 0.2) is 6.29 Å². The van der Waals surface area contributed by atoms with Crippen molar-refractivity contribution < 1.29 is 9.47 Å². The Morgan fingerprint density at radius 3 is 2.07 bits per heavy atom. The van der Waals surface area contributed by atoms with E-state index in [9.17, 15) is 0 Å². The van der Waals surface area contributed by atoms with Gasteiger partial charge in [-0.3, -0.25) is 0 Å². The Morgan fingerprint density at radius 2 is 1.73 bits per heavy atom. The molecule has 2 nitrogen and oxygen atoms in total. The molecule has 0 spiro atoms. The van der Waals surface area contributed by atoms with Crippen LogP contribution in [-0.2, 0) is 9.47 Å². The van der Waals surface area contributed by atoms with Crippen molar-refractivity contribution in [1.82, 2.24) is 0 Å². The first kappa shape index (κ1) is 13.0. The SMILES string of the molecule is CC(C)C1COC(C(C)(C)C)OC1(C)C. The van der Waals surface area contributed by atoms with E-state index in [1.165, 1.54) is 0 Å². The minimum atomic E-state index is -0.0810. The van der Waals surface area contributed by atoms with Crippen LogP contribution in [0.25, 0.3) is 0 Å². The first-order chi connectivity index (χ1) is 6.64. The van der Waals surface area contributed by atoms with E-state index in [1.54, 1.807) is 0 Å². The predicted octanol–water partition coefficient (Wildman–Crippen LogP) is 3.46. The zero-order valence-corrected chi connectivity index (χ0v) is 11.3. The third-order valence-corrected chi connectivity index (χ3v) is 3.24. The quantitative estimate of drug-likeness (QED) is 0.665. The van der Waals surface area contributed by atoms with Crippen molar-refractivity contribution in [2.75, 3.05) is 6.61 Å². The van der Waals surface area contributed by atoms with Gasteiger partial charge in [-0.15, -0.1) is 0 Å². The fraction of sp³-hybridized carbons (Fsp3) is 1.00. The molecule has 1 aliphatic heterocycles. The van der Waals surface area contributed by atoms with Crippen LogP contribution in [0.2, 0.25) is 0 Å². The lowest BCUT2D eigenvalue weighted by atomic mass is 9.81. The minimum absolute atomic E-state index is 0.0548. The lowest BCUT2D eigenvalue weighted by Crippen LogP contribution is -2.52. The lowest BCUT2D eigenvalue weighted by Gasteiger charge is -2.47. The van der Waals surface area contributed by atoms with E-state index in [-0.39, 0.29) is 17.3 Å². The van der Waals surface area contributed by atoms with Gasteiger partial charge in [0.25, 0.3) is 0 Å². The first-order valence-electron chi connectivity index (χ1n) is 5.94. The minimum Gasteiger partial charge on any atom is -0.352 e. The van der Waals surface area contributed by atoms with Crippen molar-refractivity contribution in [1.29, 1.82) is 0 Å². The summed E-state index contributed by atoms with van der Waals surface area (Å²) in [5.41, 5.74) is -0.0242.